The molecule has 0 radical (unpaired) electrons. The topological polar surface area (TPSA) is 87.3 Å². The highest BCUT2D eigenvalue weighted by atomic mass is 16.5. The van der Waals surface area contributed by atoms with Crippen LogP contribution in [-0.4, -0.2) is 29.0 Å². The number of ether oxygens (including phenoxy) is 1. The van der Waals surface area contributed by atoms with E-state index < -0.39 is 11.4 Å². The number of hydrogen-bond acceptors (Lipinski definition) is 4. The molecule has 0 aliphatic carbocycles. The van der Waals surface area contributed by atoms with Crippen molar-refractivity contribution in [2.24, 2.45) is 0 Å². The van der Waals surface area contributed by atoms with E-state index in [0.717, 1.165) is 28.0 Å². The monoisotopic (exact) mass is 440 g/mol. The molecule has 7 heteroatoms. The van der Waals surface area contributed by atoms with Crippen LogP contribution in [0.15, 0.2) is 66.7 Å². The molecule has 1 aliphatic rings. The van der Waals surface area contributed by atoms with Crippen LogP contribution in [0.25, 0.3) is 22.4 Å². The van der Waals surface area contributed by atoms with E-state index in [9.17, 15) is 9.59 Å². The third-order valence-corrected chi connectivity index (χ3v) is 6.10. The quantitative estimate of drug-likeness (QED) is 0.478. The molecule has 0 saturated heterocycles. The van der Waals surface area contributed by atoms with Crippen LogP contribution < -0.4 is 15.0 Å². The molecule has 166 valence electrons. The Kier molecular flexibility index (Phi) is 4.89. The molecule has 0 spiro atoms. The summed E-state index contributed by atoms with van der Waals surface area (Å²) in [6.45, 7) is 4.02. The van der Waals surface area contributed by atoms with Gasteiger partial charge in [0.25, 0.3) is 0 Å². The fourth-order valence-electron chi connectivity index (χ4n) is 4.18. The van der Waals surface area contributed by atoms with Crippen molar-refractivity contribution in [3.63, 3.8) is 0 Å². The summed E-state index contributed by atoms with van der Waals surface area (Å²) in [7, 11) is 1.63. The van der Waals surface area contributed by atoms with Gasteiger partial charge >= 0.3 is 6.03 Å². The average molecular weight is 441 g/mol. The van der Waals surface area contributed by atoms with Crippen molar-refractivity contribution in [1.29, 1.82) is 0 Å². The van der Waals surface area contributed by atoms with Crippen molar-refractivity contribution in [2.75, 3.05) is 12.0 Å². The van der Waals surface area contributed by atoms with Gasteiger partial charge in [0.15, 0.2) is 0 Å². The van der Waals surface area contributed by atoms with Gasteiger partial charge in [-0.1, -0.05) is 30.3 Å². The lowest BCUT2D eigenvalue weighted by Gasteiger charge is -2.19. The van der Waals surface area contributed by atoms with Gasteiger partial charge in [-0.2, -0.15) is 0 Å². The number of imide groups is 1. The smallest absolute Gasteiger partial charge is 0.329 e. The summed E-state index contributed by atoms with van der Waals surface area (Å²) in [5.74, 6) is 1.22. The van der Waals surface area contributed by atoms with Crippen LogP contribution in [0.5, 0.6) is 5.75 Å². The first-order valence-corrected chi connectivity index (χ1v) is 10.7. The lowest BCUT2D eigenvalue weighted by Crippen LogP contribution is -2.45. The van der Waals surface area contributed by atoms with E-state index in [0.29, 0.717) is 23.6 Å². The number of nitrogens with one attached hydrogen (secondary N) is 2. The van der Waals surface area contributed by atoms with Gasteiger partial charge in [-0.05, 0) is 61.4 Å². The van der Waals surface area contributed by atoms with Crippen molar-refractivity contribution in [3.05, 3.63) is 77.9 Å². The van der Waals surface area contributed by atoms with Crippen LogP contribution in [0.1, 0.15) is 25.0 Å². The zero-order valence-corrected chi connectivity index (χ0v) is 18.7. The second-order valence-electron chi connectivity index (χ2n) is 8.61. The van der Waals surface area contributed by atoms with E-state index in [4.69, 9.17) is 9.72 Å². The number of nitrogens with zero attached hydrogens (tertiary/aromatic N) is 2. The molecule has 33 heavy (non-hydrogen) atoms. The molecule has 4 aromatic rings. The summed E-state index contributed by atoms with van der Waals surface area (Å²) in [6, 6.07) is 20.5. The second-order valence-corrected chi connectivity index (χ2v) is 8.61. The molecule has 0 atom stereocenters. The SMILES string of the molecule is COc1ccc(-c2nc3cc4c(cc3[nH]2)C(C)(C)C(=O)N4C(=O)NCc2ccccc2)cc1. The van der Waals surface area contributed by atoms with E-state index in [-0.39, 0.29) is 5.91 Å². The fourth-order valence-corrected chi connectivity index (χ4v) is 4.18. The van der Waals surface area contributed by atoms with Crippen LogP contribution in [0.3, 0.4) is 0 Å². The molecule has 0 saturated carbocycles. The number of aromatic amines is 1. The molecule has 3 amide bonds. The van der Waals surface area contributed by atoms with Gasteiger partial charge in [0, 0.05) is 12.1 Å². The van der Waals surface area contributed by atoms with Gasteiger partial charge in [-0.25, -0.2) is 14.7 Å². The largest absolute Gasteiger partial charge is 0.497 e. The van der Waals surface area contributed by atoms with Gasteiger partial charge in [0.05, 0.1) is 29.2 Å². The minimum Gasteiger partial charge on any atom is -0.497 e. The first kappa shape index (κ1) is 20.8. The second kappa shape index (κ2) is 7.78. The van der Waals surface area contributed by atoms with E-state index in [2.05, 4.69) is 10.3 Å². The minimum atomic E-state index is -0.834. The molecule has 2 heterocycles. The fraction of sp³-hybridized carbons (Fsp3) is 0.192. The molecule has 5 rings (SSSR count). The number of amides is 3. The van der Waals surface area contributed by atoms with E-state index >= 15 is 0 Å². The number of hydrogen-bond donors (Lipinski definition) is 2. The summed E-state index contributed by atoms with van der Waals surface area (Å²) in [4.78, 5) is 35.6. The number of imidazole rings is 1. The molecule has 1 aromatic heterocycles. The van der Waals surface area contributed by atoms with E-state index in [1.54, 1.807) is 7.11 Å². The summed E-state index contributed by atoms with van der Waals surface area (Å²) >= 11 is 0. The number of urea groups is 1. The molecule has 2 N–H and O–H groups in total. The van der Waals surface area contributed by atoms with Gasteiger partial charge in [-0.3, -0.25) is 4.79 Å². The molecule has 1 aliphatic heterocycles. The van der Waals surface area contributed by atoms with E-state index in [1.807, 2.05) is 80.6 Å². The van der Waals surface area contributed by atoms with Crippen molar-refractivity contribution in [2.45, 2.75) is 25.8 Å². The van der Waals surface area contributed by atoms with Crippen molar-refractivity contribution in [1.82, 2.24) is 15.3 Å². The first-order valence-electron chi connectivity index (χ1n) is 10.7. The Morgan fingerprint density at radius 1 is 1.09 bits per heavy atom. The molecule has 0 bridgehead atoms. The lowest BCUT2D eigenvalue weighted by atomic mass is 9.86. The number of H-pyrrole nitrogens is 1. The average Bonchev–Trinajstić information content (AvgIpc) is 3.33. The minimum absolute atomic E-state index is 0.258. The maximum atomic E-state index is 13.2. The Morgan fingerprint density at radius 2 is 1.82 bits per heavy atom. The standard InChI is InChI=1S/C26H24N4O3/c1-26(2)19-13-20-21(29-23(28-20)17-9-11-18(33-3)12-10-17)14-22(19)30(24(26)31)25(32)27-15-16-7-5-4-6-8-16/h4-14H,15H2,1-3H3,(H,27,32)(H,28,29). The number of anilines is 1. The van der Waals surface area contributed by atoms with Crippen molar-refractivity contribution < 1.29 is 14.3 Å². The third kappa shape index (κ3) is 3.51. The van der Waals surface area contributed by atoms with Gasteiger partial charge in [0.1, 0.15) is 11.6 Å². The highest BCUT2D eigenvalue weighted by molar-refractivity contribution is 6.23. The maximum Gasteiger partial charge on any atom is 0.329 e. The highest BCUT2D eigenvalue weighted by Gasteiger charge is 2.47. The Morgan fingerprint density at radius 3 is 2.52 bits per heavy atom. The van der Waals surface area contributed by atoms with Crippen LogP contribution in [0.2, 0.25) is 0 Å². The number of carbonyl (C=O) groups is 2. The summed E-state index contributed by atoms with van der Waals surface area (Å²) in [5, 5.41) is 2.87. The number of carbonyl (C=O) groups excluding carboxylic acids is 2. The zero-order valence-electron chi connectivity index (χ0n) is 18.7. The predicted molar refractivity (Wildman–Crippen MR) is 127 cm³/mol. The van der Waals surface area contributed by atoms with Crippen molar-refractivity contribution in [3.8, 4) is 17.1 Å². The Hall–Kier alpha value is -4.13. The van der Waals surface area contributed by atoms with Crippen LogP contribution in [-0.2, 0) is 16.8 Å². The first-order chi connectivity index (χ1) is 15.9. The maximum absolute atomic E-state index is 13.2. The third-order valence-electron chi connectivity index (χ3n) is 6.10. The molecule has 7 nitrogen and oxygen atoms in total. The molecule has 0 fully saturated rings. The Balaban J connectivity index is 1.50. The summed E-state index contributed by atoms with van der Waals surface area (Å²) < 4.78 is 5.23. The highest BCUT2D eigenvalue weighted by Crippen LogP contribution is 2.43. The molecule has 3 aromatic carbocycles. The lowest BCUT2D eigenvalue weighted by molar-refractivity contribution is -0.121. The number of methoxy groups -OCH3 is 1. The Labute approximate surface area is 191 Å². The van der Waals surface area contributed by atoms with Gasteiger partial charge in [0.2, 0.25) is 5.91 Å². The summed E-state index contributed by atoms with van der Waals surface area (Å²) in [6.07, 6.45) is 0. The number of benzene rings is 3. The molecule has 0 unspecified atom stereocenters. The summed E-state index contributed by atoms with van der Waals surface area (Å²) in [5.41, 5.74) is 3.90. The van der Waals surface area contributed by atoms with E-state index in [1.165, 1.54) is 4.90 Å². The number of fused-ring (bicyclic) bond motifs is 2. The number of aromatic nitrogens is 2. The zero-order chi connectivity index (χ0) is 23.2. The van der Waals surface area contributed by atoms with Crippen molar-refractivity contribution >= 4 is 28.7 Å². The van der Waals surface area contributed by atoms with Crippen LogP contribution in [0.4, 0.5) is 10.5 Å². The molecular weight excluding hydrogens is 416 g/mol. The normalized spacial score (nSPS) is 14.4. The van der Waals surface area contributed by atoms with Gasteiger partial charge in [-0.15, -0.1) is 0 Å². The Bertz CT molecular complexity index is 1360. The molecular formula is C26H24N4O3. The van der Waals surface area contributed by atoms with Crippen LogP contribution >= 0.6 is 0 Å². The van der Waals surface area contributed by atoms with Crippen LogP contribution in [0, 0.1) is 0 Å². The predicted octanol–water partition coefficient (Wildman–Crippen LogP) is 4.77. The number of rotatable bonds is 4. The van der Waals surface area contributed by atoms with Gasteiger partial charge < -0.3 is 15.0 Å².